The SMILES string of the molecule is Cc1ccccc1C(=O)Nc1ccc(Oc2ccc3c(c2)C(=O)N(CC2CCCO2)C3=O)cc1. The second-order valence-electron chi connectivity index (χ2n) is 8.46. The maximum Gasteiger partial charge on any atom is 0.261 e. The largest absolute Gasteiger partial charge is 0.457 e. The van der Waals surface area contributed by atoms with Crippen molar-refractivity contribution in [1.29, 1.82) is 0 Å². The summed E-state index contributed by atoms with van der Waals surface area (Å²) < 4.78 is 11.5. The Morgan fingerprint density at radius 3 is 2.47 bits per heavy atom. The van der Waals surface area contributed by atoms with E-state index in [9.17, 15) is 14.4 Å². The summed E-state index contributed by atoms with van der Waals surface area (Å²) in [4.78, 5) is 39.3. The number of amides is 3. The average molecular weight is 456 g/mol. The molecule has 5 rings (SSSR count). The summed E-state index contributed by atoms with van der Waals surface area (Å²) in [5.74, 6) is 0.199. The molecule has 2 heterocycles. The van der Waals surface area contributed by atoms with Crippen molar-refractivity contribution in [2.24, 2.45) is 0 Å². The van der Waals surface area contributed by atoms with E-state index in [-0.39, 0.29) is 30.4 Å². The van der Waals surface area contributed by atoms with Gasteiger partial charge in [-0.15, -0.1) is 0 Å². The lowest BCUT2D eigenvalue weighted by molar-refractivity contribution is 0.0475. The van der Waals surface area contributed by atoms with Gasteiger partial charge in [0.05, 0.1) is 23.8 Å². The number of rotatable bonds is 6. The Labute approximate surface area is 197 Å². The number of hydrogen-bond acceptors (Lipinski definition) is 5. The minimum absolute atomic E-state index is 0.0947. The minimum Gasteiger partial charge on any atom is -0.457 e. The highest BCUT2D eigenvalue weighted by molar-refractivity contribution is 6.21. The molecule has 2 aliphatic heterocycles. The van der Waals surface area contributed by atoms with Crippen molar-refractivity contribution in [2.75, 3.05) is 18.5 Å². The third kappa shape index (κ3) is 4.30. The first-order valence-corrected chi connectivity index (χ1v) is 11.3. The third-order valence-electron chi connectivity index (χ3n) is 6.09. The summed E-state index contributed by atoms with van der Waals surface area (Å²) >= 11 is 0. The number of ether oxygens (including phenoxy) is 2. The monoisotopic (exact) mass is 456 g/mol. The van der Waals surface area contributed by atoms with Crippen molar-refractivity contribution in [2.45, 2.75) is 25.9 Å². The van der Waals surface area contributed by atoms with E-state index in [2.05, 4.69) is 5.32 Å². The van der Waals surface area contributed by atoms with Gasteiger partial charge in [0.1, 0.15) is 11.5 Å². The highest BCUT2D eigenvalue weighted by Crippen LogP contribution is 2.31. The van der Waals surface area contributed by atoms with Crippen LogP contribution < -0.4 is 10.1 Å². The lowest BCUT2D eigenvalue weighted by atomic mass is 10.1. The number of anilines is 1. The van der Waals surface area contributed by atoms with Gasteiger partial charge < -0.3 is 14.8 Å². The zero-order valence-electron chi connectivity index (χ0n) is 18.7. The van der Waals surface area contributed by atoms with Gasteiger partial charge >= 0.3 is 0 Å². The number of nitrogens with one attached hydrogen (secondary N) is 1. The summed E-state index contributed by atoms with van der Waals surface area (Å²) in [6.07, 6.45) is 1.70. The number of aryl methyl sites for hydroxylation is 1. The van der Waals surface area contributed by atoms with Crippen molar-refractivity contribution >= 4 is 23.4 Å². The summed E-state index contributed by atoms with van der Waals surface area (Å²) in [5, 5.41) is 2.88. The van der Waals surface area contributed by atoms with Crippen molar-refractivity contribution < 1.29 is 23.9 Å². The fraction of sp³-hybridized carbons (Fsp3) is 0.222. The van der Waals surface area contributed by atoms with E-state index in [0.717, 1.165) is 18.4 Å². The predicted molar refractivity (Wildman–Crippen MR) is 126 cm³/mol. The van der Waals surface area contributed by atoms with Crippen LogP contribution in [0.25, 0.3) is 0 Å². The Hall–Kier alpha value is -3.97. The van der Waals surface area contributed by atoms with Gasteiger partial charge in [-0.25, -0.2) is 0 Å². The maximum atomic E-state index is 12.8. The molecule has 1 saturated heterocycles. The van der Waals surface area contributed by atoms with Gasteiger partial charge in [0, 0.05) is 17.9 Å². The van der Waals surface area contributed by atoms with Gasteiger partial charge in [-0.1, -0.05) is 18.2 Å². The van der Waals surface area contributed by atoms with E-state index in [1.54, 1.807) is 48.5 Å². The molecule has 0 aliphatic carbocycles. The van der Waals surface area contributed by atoms with Crippen molar-refractivity contribution in [3.8, 4) is 11.5 Å². The third-order valence-corrected chi connectivity index (χ3v) is 6.09. The van der Waals surface area contributed by atoms with E-state index < -0.39 is 0 Å². The smallest absolute Gasteiger partial charge is 0.261 e. The normalized spacial score (nSPS) is 17.1. The summed E-state index contributed by atoms with van der Waals surface area (Å²) in [6.45, 7) is 2.83. The van der Waals surface area contributed by atoms with Crippen molar-refractivity contribution in [3.63, 3.8) is 0 Å². The molecule has 0 saturated carbocycles. The zero-order valence-corrected chi connectivity index (χ0v) is 18.7. The van der Waals surface area contributed by atoms with Gasteiger partial charge in [-0.3, -0.25) is 19.3 Å². The first kappa shape index (κ1) is 21.9. The van der Waals surface area contributed by atoms with Crippen LogP contribution in [0.5, 0.6) is 11.5 Å². The molecule has 172 valence electrons. The number of imide groups is 1. The standard InChI is InChI=1S/C27H24N2O5/c1-17-5-2-3-7-22(17)25(30)28-18-8-10-19(11-9-18)34-20-12-13-23-24(15-20)27(32)29(26(23)31)16-21-6-4-14-33-21/h2-3,5,7-13,15,21H,4,6,14,16H2,1H3,(H,28,30). The first-order valence-electron chi connectivity index (χ1n) is 11.3. The topological polar surface area (TPSA) is 84.9 Å². The van der Waals surface area contributed by atoms with E-state index in [1.807, 2.05) is 25.1 Å². The van der Waals surface area contributed by atoms with Gasteiger partial charge in [0.2, 0.25) is 0 Å². The second kappa shape index (κ2) is 9.11. The van der Waals surface area contributed by atoms with Crippen molar-refractivity contribution in [3.05, 3.63) is 89.0 Å². The van der Waals surface area contributed by atoms with Gasteiger partial charge in [0.15, 0.2) is 0 Å². The molecule has 0 spiro atoms. The first-order chi connectivity index (χ1) is 16.5. The van der Waals surface area contributed by atoms with Crippen LogP contribution in [0.2, 0.25) is 0 Å². The maximum absolute atomic E-state index is 12.8. The molecule has 2 aliphatic rings. The number of hydrogen-bond donors (Lipinski definition) is 1. The Kier molecular flexibility index (Phi) is 5.86. The fourth-order valence-electron chi connectivity index (χ4n) is 4.26. The molecule has 1 unspecified atom stereocenters. The highest BCUT2D eigenvalue weighted by Gasteiger charge is 2.37. The molecule has 3 amide bonds. The van der Waals surface area contributed by atoms with E-state index >= 15 is 0 Å². The summed E-state index contributed by atoms with van der Waals surface area (Å²) in [5.41, 5.74) is 2.87. The molecular formula is C27H24N2O5. The number of carbonyl (C=O) groups excluding carboxylic acids is 3. The van der Waals surface area contributed by atoms with Crippen LogP contribution in [0.15, 0.2) is 66.7 Å². The Bertz CT molecular complexity index is 1260. The molecule has 0 radical (unpaired) electrons. The molecule has 1 atom stereocenters. The molecule has 7 heteroatoms. The van der Waals surface area contributed by atoms with Crippen LogP contribution in [-0.4, -0.2) is 41.9 Å². The molecule has 7 nitrogen and oxygen atoms in total. The van der Waals surface area contributed by atoms with Gasteiger partial charge in [-0.2, -0.15) is 0 Å². The predicted octanol–water partition coefficient (Wildman–Crippen LogP) is 4.81. The molecular weight excluding hydrogens is 432 g/mol. The van der Waals surface area contributed by atoms with Crippen LogP contribution in [0.4, 0.5) is 5.69 Å². The number of fused-ring (bicyclic) bond motifs is 1. The number of carbonyl (C=O) groups is 3. The van der Waals surface area contributed by atoms with Crippen LogP contribution in [0, 0.1) is 6.92 Å². The van der Waals surface area contributed by atoms with Crippen LogP contribution in [-0.2, 0) is 4.74 Å². The molecule has 0 aromatic heterocycles. The fourth-order valence-corrected chi connectivity index (χ4v) is 4.26. The Morgan fingerprint density at radius 1 is 1.00 bits per heavy atom. The van der Waals surface area contributed by atoms with Gasteiger partial charge in [0.25, 0.3) is 17.7 Å². The van der Waals surface area contributed by atoms with Gasteiger partial charge in [-0.05, 0) is 73.9 Å². The average Bonchev–Trinajstić information content (AvgIpc) is 3.43. The number of nitrogens with zero attached hydrogens (tertiary/aromatic N) is 1. The molecule has 3 aromatic carbocycles. The van der Waals surface area contributed by atoms with Crippen molar-refractivity contribution in [1.82, 2.24) is 4.90 Å². The van der Waals surface area contributed by atoms with E-state index in [4.69, 9.17) is 9.47 Å². The molecule has 0 bridgehead atoms. The van der Waals surface area contributed by atoms with E-state index in [0.29, 0.717) is 40.5 Å². The Morgan fingerprint density at radius 2 is 1.74 bits per heavy atom. The molecule has 1 fully saturated rings. The minimum atomic E-state index is -0.324. The molecule has 3 aromatic rings. The zero-order chi connectivity index (χ0) is 23.7. The molecule has 1 N–H and O–H groups in total. The van der Waals surface area contributed by atoms with E-state index in [1.165, 1.54) is 4.90 Å². The summed E-state index contributed by atoms with van der Waals surface area (Å²) in [7, 11) is 0. The van der Waals surface area contributed by atoms with Crippen LogP contribution in [0.1, 0.15) is 49.5 Å². The lowest BCUT2D eigenvalue weighted by Crippen LogP contribution is -2.36. The highest BCUT2D eigenvalue weighted by atomic mass is 16.5. The number of benzene rings is 3. The van der Waals surface area contributed by atoms with Crippen LogP contribution in [0.3, 0.4) is 0 Å². The lowest BCUT2D eigenvalue weighted by Gasteiger charge is -2.17. The quantitative estimate of drug-likeness (QED) is 0.538. The van der Waals surface area contributed by atoms with Crippen LogP contribution >= 0.6 is 0 Å². The molecule has 34 heavy (non-hydrogen) atoms. The Balaban J connectivity index is 1.26. The summed E-state index contributed by atoms with van der Waals surface area (Å²) in [6, 6.07) is 19.2. The second-order valence-corrected chi connectivity index (χ2v) is 8.46.